The molecule has 2 N–H and O–H groups in total. The van der Waals surface area contributed by atoms with Crippen LogP contribution in [0.1, 0.15) is 31.4 Å². The van der Waals surface area contributed by atoms with Crippen molar-refractivity contribution >= 4 is 33.4 Å². The average Bonchev–Trinajstić information content (AvgIpc) is 3.29. The molecule has 4 aromatic rings. The third-order valence-electron chi connectivity index (χ3n) is 6.40. The zero-order chi connectivity index (χ0) is 23.7. The number of thiophene rings is 1. The molecule has 34 heavy (non-hydrogen) atoms. The fourth-order valence-electron chi connectivity index (χ4n) is 4.45. The van der Waals surface area contributed by atoms with Gasteiger partial charge in [0.2, 0.25) is 11.9 Å². The summed E-state index contributed by atoms with van der Waals surface area (Å²) in [7, 11) is 0. The highest BCUT2D eigenvalue weighted by Gasteiger charge is 2.27. The lowest BCUT2D eigenvalue weighted by Gasteiger charge is -2.32. The van der Waals surface area contributed by atoms with Crippen molar-refractivity contribution in [1.82, 2.24) is 15.3 Å². The van der Waals surface area contributed by atoms with Gasteiger partial charge in [0, 0.05) is 35.5 Å². The minimum atomic E-state index is -0.345. The van der Waals surface area contributed by atoms with Crippen LogP contribution in [0.15, 0.2) is 64.8 Å². The lowest BCUT2D eigenvalue weighted by molar-refractivity contribution is -0.126. The van der Waals surface area contributed by atoms with Crippen molar-refractivity contribution in [1.29, 1.82) is 0 Å². The summed E-state index contributed by atoms with van der Waals surface area (Å²) in [5.74, 6) is 0.0768. The maximum absolute atomic E-state index is 14.4. The van der Waals surface area contributed by atoms with Crippen molar-refractivity contribution in [2.45, 2.75) is 25.8 Å². The predicted molar refractivity (Wildman–Crippen MR) is 134 cm³/mol. The molecule has 6 nitrogen and oxygen atoms in total. The van der Waals surface area contributed by atoms with Crippen molar-refractivity contribution in [3.8, 4) is 11.1 Å². The van der Waals surface area contributed by atoms with Crippen molar-refractivity contribution < 1.29 is 9.18 Å². The van der Waals surface area contributed by atoms with E-state index in [0.717, 1.165) is 5.56 Å². The fraction of sp³-hybridized carbons (Fsp3) is 0.269. The summed E-state index contributed by atoms with van der Waals surface area (Å²) < 4.78 is 14.9. The number of halogens is 1. The number of H-pyrrole nitrogens is 1. The molecule has 0 aliphatic carbocycles. The number of hydrogen-bond acceptors (Lipinski definition) is 5. The molecule has 174 valence electrons. The monoisotopic (exact) mass is 476 g/mol. The van der Waals surface area contributed by atoms with E-state index in [4.69, 9.17) is 4.98 Å². The fourth-order valence-corrected chi connectivity index (χ4v) is 5.35. The number of fused-ring (bicyclic) bond motifs is 1. The molecule has 1 unspecified atom stereocenters. The van der Waals surface area contributed by atoms with Crippen LogP contribution in [-0.4, -0.2) is 29.0 Å². The Kier molecular flexibility index (Phi) is 6.15. The number of carbonyl (C=O) groups is 1. The van der Waals surface area contributed by atoms with E-state index in [0.29, 0.717) is 53.2 Å². The van der Waals surface area contributed by atoms with E-state index in [2.05, 4.69) is 10.3 Å². The van der Waals surface area contributed by atoms with Gasteiger partial charge in [0.25, 0.3) is 5.56 Å². The van der Waals surface area contributed by atoms with E-state index in [1.165, 1.54) is 17.4 Å². The second-order valence-electron chi connectivity index (χ2n) is 8.60. The minimum Gasteiger partial charge on any atom is -0.349 e. The molecular weight excluding hydrogens is 451 g/mol. The van der Waals surface area contributed by atoms with Crippen LogP contribution in [0, 0.1) is 11.7 Å². The van der Waals surface area contributed by atoms with Gasteiger partial charge in [-0.3, -0.25) is 14.6 Å². The minimum absolute atomic E-state index is 0.0487. The summed E-state index contributed by atoms with van der Waals surface area (Å²) >= 11 is 1.26. The van der Waals surface area contributed by atoms with Gasteiger partial charge in [-0.1, -0.05) is 48.5 Å². The summed E-state index contributed by atoms with van der Waals surface area (Å²) in [6, 6.07) is 16.3. The van der Waals surface area contributed by atoms with Gasteiger partial charge in [-0.25, -0.2) is 9.37 Å². The Balaban J connectivity index is 1.31. The number of carbonyl (C=O) groups excluding carboxylic acids is 1. The SMILES string of the molecule is CC(NC(=O)C1CCN(c2nc3c(-c4ccccc4F)csc3c(=O)[nH]2)CC1)c1ccccc1. The van der Waals surface area contributed by atoms with E-state index in [-0.39, 0.29) is 29.2 Å². The molecule has 1 aliphatic heterocycles. The Morgan fingerprint density at radius 1 is 1.12 bits per heavy atom. The first kappa shape index (κ1) is 22.3. The van der Waals surface area contributed by atoms with Crippen LogP contribution in [0.25, 0.3) is 21.3 Å². The molecule has 1 saturated heterocycles. The molecule has 2 aromatic carbocycles. The smallest absolute Gasteiger partial charge is 0.270 e. The van der Waals surface area contributed by atoms with Gasteiger partial charge in [0.15, 0.2) is 0 Å². The largest absolute Gasteiger partial charge is 0.349 e. The van der Waals surface area contributed by atoms with Crippen LogP contribution in [0.2, 0.25) is 0 Å². The lowest BCUT2D eigenvalue weighted by atomic mass is 9.95. The first-order valence-corrected chi connectivity index (χ1v) is 12.3. The van der Waals surface area contributed by atoms with Gasteiger partial charge in [0.1, 0.15) is 10.5 Å². The summed E-state index contributed by atoms with van der Waals surface area (Å²) in [4.78, 5) is 35.1. The normalized spacial score (nSPS) is 15.4. The van der Waals surface area contributed by atoms with Gasteiger partial charge in [-0.05, 0) is 31.4 Å². The van der Waals surface area contributed by atoms with Crippen molar-refractivity contribution in [2.75, 3.05) is 18.0 Å². The van der Waals surface area contributed by atoms with E-state index in [1.807, 2.05) is 42.2 Å². The highest BCUT2D eigenvalue weighted by atomic mass is 32.1. The van der Waals surface area contributed by atoms with E-state index < -0.39 is 0 Å². The van der Waals surface area contributed by atoms with Crippen molar-refractivity contribution in [3.05, 3.63) is 81.7 Å². The number of amides is 1. The van der Waals surface area contributed by atoms with Crippen LogP contribution < -0.4 is 15.8 Å². The standard InChI is InChI=1S/C26H25FN4O2S/c1-16(17-7-3-2-4-8-17)28-24(32)18-11-13-31(14-12-18)26-29-22-20(15-34-23(22)25(33)30-26)19-9-5-6-10-21(19)27/h2-10,15-16,18H,11-14H2,1H3,(H,28,32)(H,29,30,33). The topological polar surface area (TPSA) is 78.1 Å². The van der Waals surface area contributed by atoms with E-state index in [1.54, 1.807) is 23.6 Å². The Hall–Kier alpha value is -3.52. The van der Waals surface area contributed by atoms with Crippen LogP contribution in [-0.2, 0) is 4.79 Å². The molecule has 0 saturated carbocycles. The van der Waals surface area contributed by atoms with Crippen molar-refractivity contribution in [2.24, 2.45) is 5.92 Å². The van der Waals surface area contributed by atoms with Crippen LogP contribution in [0.3, 0.4) is 0 Å². The third kappa shape index (κ3) is 4.33. The number of rotatable bonds is 5. The second kappa shape index (κ2) is 9.38. The summed E-state index contributed by atoms with van der Waals surface area (Å²) in [5, 5.41) is 4.89. The third-order valence-corrected chi connectivity index (χ3v) is 7.37. The summed E-state index contributed by atoms with van der Waals surface area (Å²) in [5.41, 5.74) is 2.40. The molecule has 8 heteroatoms. The number of anilines is 1. The van der Waals surface area contributed by atoms with Gasteiger partial charge < -0.3 is 10.2 Å². The molecule has 0 spiro atoms. The van der Waals surface area contributed by atoms with Gasteiger partial charge in [0.05, 0.1) is 11.6 Å². The Bertz CT molecular complexity index is 1380. The highest BCUT2D eigenvalue weighted by Crippen LogP contribution is 2.33. The summed E-state index contributed by atoms with van der Waals surface area (Å²) in [6.45, 7) is 3.19. The van der Waals surface area contributed by atoms with Crippen molar-refractivity contribution in [3.63, 3.8) is 0 Å². The molecular formula is C26H25FN4O2S. The van der Waals surface area contributed by atoms with Crippen LogP contribution in [0.5, 0.6) is 0 Å². The number of aromatic amines is 1. The number of aromatic nitrogens is 2. The molecule has 2 aromatic heterocycles. The molecule has 1 amide bonds. The molecule has 3 heterocycles. The zero-order valence-electron chi connectivity index (χ0n) is 18.8. The molecule has 1 aliphatic rings. The quantitative estimate of drug-likeness (QED) is 0.430. The molecule has 0 radical (unpaired) electrons. The molecule has 0 bridgehead atoms. The second-order valence-corrected chi connectivity index (χ2v) is 9.48. The van der Waals surface area contributed by atoms with Gasteiger partial charge in [-0.2, -0.15) is 0 Å². The number of nitrogens with zero attached hydrogens (tertiary/aromatic N) is 2. The average molecular weight is 477 g/mol. The lowest BCUT2D eigenvalue weighted by Crippen LogP contribution is -2.42. The Morgan fingerprint density at radius 2 is 1.82 bits per heavy atom. The zero-order valence-corrected chi connectivity index (χ0v) is 19.6. The molecule has 1 atom stereocenters. The maximum Gasteiger partial charge on any atom is 0.270 e. The Labute approximate surface area is 200 Å². The first-order chi connectivity index (χ1) is 16.5. The number of benzene rings is 2. The molecule has 5 rings (SSSR count). The predicted octanol–water partition coefficient (Wildman–Crippen LogP) is 4.88. The van der Waals surface area contributed by atoms with Gasteiger partial charge >= 0.3 is 0 Å². The van der Waals surface area contributed by atoms with E-state index in [9.17, 15) is 14.0 Å². The van der Waals surface area contributed by atoms with Crippen LogP contribution in [0.4, 0.5) is 10.3 Å². The van der Waals surface area contributed by atoms with Crippen LogP contribution >= 0.6 is 11.3 Å². The highest BCUT2D eigenvalue weighted by molar-refractivity contribution is 7.17. The first-order valence-electron chi connectivity index (χ1n) is 11.4. The summed E-state index contributed by atoms with van der Waals surface area (Å²) in [6.07, 6.45) is 1.33. The van der Waals surface area contributed by atoms with Gasteiger partial charge in [-0.15, -0.1) is 11.3 Å². The molecule has 1 fully saturated rings. The Morgan fingerprint density at radius 3 is 2.56 bits per heavy atom. The number of nitrogens with one attached hydrogen (secondary N) is 2. The number of piperidine rings is 1. The maximum atomic E-state index is 14.4. The number of hydrogen-bond donors (Lipinski definition) is 2. The van der Waals surface area contributed by atoms with E-state index >= 15 is 0 Å².